The summed E-state index contributed by atoms with van der Waals surface area (Å²) in [5.41, 5.74) is 6.24. The van der Waals surface area contributed by atoms with Crippen LogP contribution in [-0.4, -0.2) is 78.4 Å². The molecule has 2 saturated heterocycles. The molecule has 0 spiro atoms. The SMILES string of the molecule is CC(=O)N1CCN(C(=O)CN2CC3CCCC(N)C3C2)CC1.Cl. The maximum absolute atomic E-state index is 12.5. The van der Waals surface area contributed by atoms with E-state index in [0.29, 0.717) is 50.6 Å². The molecule has 3 unspecified atom stereocenters. The fraction of sp³-hybridized carbons (Fsp3) is 0.875. The maximum atomic E-state index is 12.5. The molecule has 132 valence electrons. The molecule has 1 aliphatic carbocycles. The van der Waals surface area contributed by atoms with Gasteiger partial charge in [0.2, 0.25) is 11.8 Å². The lowest BCUT2D eigenvalue weighted by atomic mass is 9.78. The Bertz CT molecular complexity index is 440. The summed E-state index contributed by atoms with van der Waals surface area (Å²) in [5.74, 6) is 1.57. The number of halogens is 1. The van der Waals surface area contributed by atoms with Gasteiger partial charge in [-0.3, -0.25) is 14.5 Å². The third kappa shape index (κ3) is 4.17. The standard InChI is InChI=1S/C16H28N4O2.ClH/c1-12(21)19-5-7-20(8-6-19)16(22)11-18-9-13-3-2-4-15(17)14(13)10-18;/h13-15H,2-11,17H2,1H3;1H. The molecule has 6 nitrogen and oxygen atoms in total. The van der Waals surface area contributed by atoms with E-state index in [1.54, 1.807) is 6.92 Å². The molecular formula is C16H29ClN4O2. The number of carbonyl (C=O) groups excluding carboxylic acids is 2. The molecule has 0 aromatic carbocycles. The van der Waals surface area contributed by atoms with Gasteiger partial charge in [0.15, 0.2) is 0 Å². The van der Waals surface area contributed by atoms with E-state index >= 15 is 0 Å². The molecule has 3 atom stereocenters. The van der Waals surface area contributed by atoms with Gasteiger partial charge in [0.1, 0.15) is 0 Å². The summed E-state index contributed by atoms with van der Waals surface area (Å²) in [4.78, 5) is 29.8. The topological polar surface area (TPSA) is 69.9 Å². The van der Waals surface area contributed by atoms with Crippen molar-refractivity contribution in [1.29, 1.82) is 0 Å². The Kier molecular flexibility index (Phi) is 6.28. The second-order valence-electron chi connectivity index (χ2n) is 7.10. The zero-order chi connectivity index (χ0) is 15.7. The van der Waals surface area contributed by atoms with Crippen LogP contribution in [0.4, 0.5) is 0 Å². The quantitative estimate of drug-likeness (QED) is 0.774. The number of hydrogen-bond acceptors (Lipinski definition) is 4. The summed E-state index contributed by atoms with van der Waals surface area (Å²) < 4.78 is 0. The number of rotatable bonds is 2. The third-order valence-electron chi connectivity index (χ3n) is 5.67. The van der Waals surface area contributed by atoms with Crippen molar-refractivity contribution in [3.63, 3.8) is 0 Å². The summed E-state index contributed by atoms with van der Waals surface area (Å²) in [7, 11) is 0. The molecule has 3 rings (SSSR count). The first-order valence-corrected chi connectivity index (χ1v) is 8.56. The highest BCUT2D eigenvalue weighted by Crippen LogP contribution is 2.35. The largest absolute Gasteiger partial charge is 0.339 e. The highest BCUT2D eigenvalue weighted by Gasteiger charge is 2.39. The Labute approximate surface area is 144 Å². The van der Waals surface area contributed by atoms with Crippen LogP contribution in [0.5, 0.6) is 0 Å². The van der Waals surface area contributed by atoms with Crippen molar-refractivity contribution in [2.24, 2.45) is 17.6 Å². The van der Waals surface area contributed by atoms with Crippen LogP contribution in [0.1, 0.15) is 26.2 Å². The van der Waals surface area contributed by atoms with Gasteiger partial charge in [-0.25, -0.2) is 0 Å². The smallest absolute Gasteiger partial charge is 0.236 e. The number of nitrogens with two attached hydrogens (primary N) is 1. The van der Waals surface area contributed by atoms with Gasteiger partial charge in [0.25, 0.3) is 0 Å². The lowest BCUT2D eigenvalue weighted by molar-refractivity contribution is -0.139. The second-order valence-corrected chi connectivity index (χ2v) is 7.10. The number of likely N-dealkylation sites (tertiary alicyclic amines) is 1. The van der Waals surface area contributed by atoms with E-state index in [9.17, 15) is 9.59 Å². The van der Waals surface area contributed by atoms with E-state index < -0.39 is 0 Å². The lowest BCUT2D eigenvalue weighted by Gasteiger charge is -2.35. The first-order valence-electron chi connectivity index (χ1n) is 8.56. The predicted molar refractivity (Wildman–Crippen MR) is 91.3 cm³/mol. The molecule has 3 aliphatic rings. The zero-order valence-electron chi connectivity index (χ0n) is 13.9. The molecule has 3 fully saturated rings. The molecule has 0 aromatic rings. The number of hydrogen-bond donors (Lipinski definition) is 1. The molecule has 2 aliphatic heterocycles. The van der Waals surface area contributed by atoms with Crippen LogP contribution >= 0.6 is 12.4 Å². The Balaban J connectivity index is 0.00000192. The summed E-state index contributed by atoms with van der Waals surface area (Å²) in [6.07, 6.45) is 3.63. The summed E-state index contributed by atoms with van der Waals surface area (Å²) in [6, 6.07) is 0.318. The average molecular weight is 345 g/mol. The fourth-order valence-electron chi connectivity index (χ4n) is 4.30. The number of amides is 2. The van der Waals surface area contributed by atoms with Crippen molar-refractivity contribution in [3.8, 4) is 0 Å². The Morgan fingerprint density at radius 3 is 2.30 bits per heavy atom. The van der Waals surface area contributed by atoms with E-state index in [4.69, 9.17) is 5.73 Å². The van der Waals surface area contributed by atoms with Crippen LogP contribution in [0, 0.1) is 11.8 Å². The van der Waals surface area contributed by atoms with Gasteiger partial charge >= 0.3 is 0 Å². The minimum Gasteiger partial charge on any atom is -0.339 e. The van der Waals surface area contributed by atoms with Crippen LogP contribution in [0.15, 0.2) is 0 Å². The molecule has 2 heterocycles. The minimum atomic E-state index is 0. The third-order valence-corrected chi connectivity index (χ3v) is 5.67. The normalized spacial score (nSPS) is 31.5. The van der Waals surface area contributed by atoms with Crippen LogP contribution in [-0.2, 0) is 9.59 Å². The molecule has 2 N–H and O–H groups in total. The van der Waals surface area contributed by atoms with E-state index in [2.05, 4.69) is 4.90 Å². The summed E-state index contributed by atoms with van der Waals surface area (Å²) >= 11 is 0. The van der Waals surface area contributed by atoms with Crippen molar-refractivity contribution >= 4 is 24.2 Å². The fourth-order valence-corrected chi connectivity index (χ4v) is 4.30. The molecule has 2 amide bonds. The minimum absolute atomic E-state index is 0. The van der Waals surface area contributed by atoms with Gasteiger partial charge in [-0.1, -0.05) is 6.42 Å². The first kappa shape index (κ1) is 18.5. The van der Waals surface area contributed by atoms with Gasteiger partial charge < -0.3 is 15.5 Å². The molecule has 0 aromatic heterocycles. The van der Waals surface area contributed by atoms with E-state index in [1.807, 2.05) is 9.80 Å². The Hall–Kier alpha value is -0.850. The molecule has 0 bridgehead atoms. The van der Waals surface area contributed by atoms with Crippen molar-refractivity contribution in [2.45, 2.75) is 32.2 Å². The van der Waals surface area contributed by atoms with Crippen molar-refractivity contribution < 1.29 is 9.59 Å². The number of nitrogens with zero attached hydrogens (tertiary/aromatic N) is 3. The Morgan fingerprint density at radius 2 is 1.70 bits per heavy atom. The van der Waals surface area contributed by atoms with Crippen LogP contribution in [0.25, 0.3) is 0 Å². The second kappa shape index (κ2) is 7.81. The van der Waals surface area contributed by atoms with E-state index in [-0.39, 0.29) is 24.2 Å². The number of carbonyl (C=O) groups is 2. The highest BCUT2D eigenvalue weighted by molar-refractivity contribution is 5.85. The summed E-state index contributed by atoms with van der Waals surface area (Å²) in [6.45, 7) is 6.76. The monoisotopic (exact) mass is 344 g/mol. The molecule has 7 heteroatoms. The van der Waals surface area contributed by atoms with Crippen molar-refractivity contribution in [1.82, 2.24) is 14.7 Å². The van der Waals surface area contributed by atoms with Gasteiger partial charge in [0, 0.05) is 52.2 Å². The summed E-state index contributed by atoms with van der Waals surface area (Å²) in [5, 5.41) is 0. The van der Waals surface area contributed by atoms with Gasteiger partial charge in [0.05, 0.1) is 6.54 Å². The Morgan fingerprint density at radius 1 is 1.04 bits per heavy atom. The van der Waals surface area contributed by atoms with Crippen LogP contribution in [0.2, 0.25) is 0 Å². The first-order chi connectivity index (χ1) is 10.5. The lowest BCUT2D eigenvalue weighted by Crippen LogP contribution is -2.52. The number of piperazine rings is 1. The zero-order valence-corrected chi connectivity index (χ0v) is 14.8. The van der Waals surface area contributed by atoms with Gasteiger partial charge in [-0.15, -0.1) is 12.4 Å². The van der Waals surface area contributed by atoms with E-state index in [0.717, 1.165) is 19.5 Å². The van der Waals surface area contributed by atoms with Crippen molar-refractivity contribution in [3.05, 3.63) is 0 Å². The molecule has 0 radical (unpaired) electrons. The van der Waals surface area contributed by atoms with Crippen LogP contribution < -0.4 is 5.73 Å². The maximum Gasteiger partial charge on any atom is 0.236 e. The highest BCUT2D eigenvalue weighted by atomic mass is 35.5. The average Bonchev–Trinajstić information content (AvgIpc) is 2.91. The molecular weight excluding hydrogens is 316 g/mol. The van der Waals surface area contributed by atoms with Gasteiger partial charge in [-0.2, -0.15) is 0 Å². The predicted octanol–water partition coefficient (Wildman–Crippen LogP) is 0.158. The number of fused-ring (bicyclic) bond motifs is 1. The molecule has 1 saturated carbocycles. The van der Waals surface area contributed by atoms with E-state index in [1.165, 1.54) is 12.8 Å². The van der Waals surface area contributed by atoms with Gasteiger partial charge in [-0.05, 0) is 24.7 Å². The van der Waals surface area contributed by atoms with Crippen molar-refractivity contribution in [2.75, 3.05) is 45.8 Å². The molecule has 23 heavy (non-hydrogen) atoms. The van der Waals surface area contributed by atoms with Crippen LogP contribution in [0.3, 0.4) is 0 Å².